The van der Waals surface area contributed by atoms with Crippen molar-refractivity contribution in [2.75, 3.05) is 31.6 Å². The van der Waals surface area contributed by atoms with E-state index in [-0.39, 0.29) is 28.1 Å². The number of hydrogen-bond acceptors (Lipinski definition) is 6. The van der Waals surface area contributed by atoms with E-state index in [2.05, 4.69) is 5.32 Å². The number of nitrogens with one attached hydrogen (secondary N) is 1. The lowest BCUT2D eigenvalue weighted by Gasteiger charge is -2.43. The van der Waals surface area contributed by atoms with Crippen LogP contribution in [0.4, 0.5) is 0 Å². The SMILES string of the molecule is Cc1ccc(C(OC(=O)C[C@@H](C(=O)N2CCCCC2)N(C)C(=O)[C@H](C2CCCCC2)N(C)C(=O)C2(NC(=O)CI)CCCC2)(c2ccccc2)c2ccccc2Cl)cc1. The van der Waals surface area contributed by atoms with Gasteiger partial charge < -0.3 is 24.8 Å². The molecule has 1 N–H and O–H groups in total. The third kappa shape index (κ3) is 9.82. The maximum absolute atomic E-state index is 15.2. The highest BCUT2D eigenvalue weighted by atomic mass is 127. The van der Waals surface area contributed by atoms with Crippen LogP contribution in [0.2, 0.25) is 5.02 Å². The smallest absolute Gasteiger partial charge is 0.310 e. The molecule has 10 nitrogen and oxygen atoms in total. The van der Waals surface area contributed by atoms with Crippen molar-refractivity contribution in [3.63, 3.8) is 0 Å². The zero-order valence-corrected chi connectivity index (χ0v) is 37.5. The van der Waals surface area contributed by atoms with Crippen LogP contribution in [0.25, 0.3) is 0 Å². The topological polar surface area (TPSA) is 116 Å². The second-order valence-corrected chi connectivity index (χ2v) is 17.8. The molecule has 2 aliphatic carbocycles. The van der Waals surface area contributed by atoms with Gasteiger partial charge in [-0.3, -0.25) is 24.0 Å². The molecule has 59 heavy (non-hydrogen) atoms. The molecule has 12 heteroatoms. The molecular formula is C47H58ClIN4O6. The predicted octanol–water partition coefficient (Wildman–Crippen LogP) is 7.98. The van der Waals surface area contributed by atoms with Crippen LogP contribution in [0.3, 0.4) is 0 Å². The number of halogens is 2. The summed E-state index contributed by atoms with van der Waals surface area (Å²) in [7, 11) is 3.25. The number of likely N-dealkylation sites (tertiary alicyclic amines) is 1. The van der Waals surface area contributed by atoms with Crippen LogP contribution in [-0.4, -0.2) is 93.5 Å². The predicted molar refractivity (Wildman–Crippen MR) is 238 cm³/mol. The van der Waals surface area contributed by atoms with Gasteiger partial charge in [0.15, 0.2) is 5.60 Å². The zero-order valence-electron chi connectivity index (χ0n) is 34.6. The van der Waals surface area contributed by atoms with Gasteiger partial charge in [0, 0.05) is 48.9 Å². The number of benzene rings is 3. The van der Waals surface area contributed by atoms with Crippen LogP contribution in [0.15, 0.2) is 78.9 Å². The van der Waals surface area contributed by atoms with Crippen molar-refractivity contribution in [2.24, 2.45) is 5.92 Å². The fourth-order valence-electron chi connectivity index (χ4n) is 9.57. The first kappa shape index (κ1) is 44.6. The van der Waals surface area contributed by atoms with E-state index in [1.54, 1.807) is 30.0 Å². The van der Waals surface area contributed by atoms with Crippen LogP contribution >= 0.6 is 34.2 Å². The van der Waals surface area contributed by atoms with E-state index in [0.717, 1.165) is 69.8 Å². The van der Waals surface area contributed by atoms with E-state index in [0.29, 0.717) is 47.6 Å². The number of piperidine rings is 1. The van der Waals surface area contributed by atoms with Gasteiger partial charge in [-0.25, -0.2) is 0 Å². The molecule has 0 aromatic heterocycles. The number of carbonyl (C=O) groups is 5. The molecule has 316 valence electrons. The molecular weight excluding hydrogens is 879 g/mol. The Morgan fingerprint density at radius 3 is 2.03 bits per heavy atom. The summed E-state index contributed by atoms with van der Waals surface area (Å²) in [6.07, 6.45) is 9.16. The Morgan fingerprint density at radius 2 is 1.41 bits per heavy atom. The van der Waals surface area contributed by atoms with Crippen molar-refractivity contribution >= 4 is 63.8 Å². The van der Waals surface area contributed by atoms with Gasteiger partial charge >= 0.3 is 5.97 Å². The molecule has 1 aliphatic heterocycles. The molecule has 6 rings (SSSR count). The van der Waals surface area contributed by atoms with Gasteiger partial charge in [-0.05, 0) is 63.9 Å². The van der Waals surface area contributed by atoms with Crippen molar-refractivity contribution in [3.8, 4) is 0 Å². The first-order valence-corrected chi connectivity index (χ1v) is 23.1. The minimum absolute atomic E-state index is 0.156. The summed E-state index contributed by atoms with van der Waals surface area (Å²) in [6, 6.07) is 22.4. The maximum atomic E-state index is 15.2. The third-order valence-electron chi connectivity index (χ3n) is 12.7. The van der Waals surface area contributed by atoms with Gasteiger partial charge in [0.25, 0.3) is 0 Å². The summed E-state index contributed by atoms with van der Waals surface area (Å²) in [5.74, 6) is -2.07. The number of carbonyl (C=O) groups excluding carboxylic acids is 5. The Bertz CT molecular complexity index is 1940. The maximum Gasteiger partial charge on any atom is 0.310 e. The summed E-state index contributed by atoms with van der Waals surface area (Å²) in [4.78, 5) is 76.9. The number of likely N-dealkylation sites (N-methyl/N-ethyl adjacent to an activating group) is 2. The van der Waals surface area contributed by atoms with Crippen molar-refractivity contribution in [3.05, 3.63) is 106 Å². The number of hydrogen-bond donors (Lipinski definition) is 1. The summed E-state index contributed by atoms with van der Waals surface area (Å²) in [5.41, 5.74) is 0.331. The van der Waals surface area contributed by atoms with Gasteiger partial charge in [-0.2, -0.15) is 0 Å². The highest BCUT2D eigenvalue weighted by molar-refractivity contribution is 14.1. The van der Waals surface area contributed by atoms with Gasteiger partial charge in [0.2, 0.25) is 23.6 Å². The summed E-state index contributed by atoms with van der Waals surface area (Å²) in [6.45, 7) is 3.03. The monoisotopic (exact) mass is 936 g/mol. The molecule has 3 aromatic rings. The number of aryl methyl sites for hydroxylation is 1. The van der Waals surface area contributed by atoms with Gasteiger partial charge in [0.05, 0.1) is 10.8 Å². The number of rotatable bonds is 14. The fraction of sp³-hybridized carbons (Fsp3) is 0.511. The number of alkyl halides is 1. The largest absolute Gasteiger partial charge is 0.444 e. The first-order valence-electron chi connectivity index (χ1n) is 21.2. The van der Waals surface area contributed by atoms with Crippen molar-refractivity contribution in [1.29, 1.82) is 0 Å². The van der Waals surface area contributed by atoms with E-state index in [4.69, 9.17) is 16.3 Å². The third-order valence-corrected chi connectivity index (χ3v) is 13.8. The summed E-state index contributed by atoms with van der Waals surface area (Å²) >= 11 is 8.97. The Morgan fingerprint density at radius 1 is 0.814 bits per heavy atom. The van der Waals surface area contributed by atoms with Crippen molar-refractivity contribution in [1.82, 2.24) is 20.0 Å². The fourth-order valence-corrected chi connectivity index (χ4v) is 10.0. The lowest BCUT2D eigenvalue weighted by atomic mass is 9.79. The standard InChI is InChI=1S/C47H58ClIN4O6/c1-33-23-25-36(26-24-33)47(35-19-9-5-10-20-35,37-21-11-12-22-38(37)48)59-41(55)31-39(43(56)53-29-15-6-16-30-53)51(2)44(57)42(34-17-7-4-8-18-34)52(3)45(58)46(27-13-14-28-46)50-40(54)32-49/h5,9-12,19-26,34,39,42H,4,6-8,13-18,27-32H2,1-3H3,(H,50,54)/t39-,42-,47?/m0/s1. The number of esters is 1. The van der Waals surface area contributed by atoms with Crippen LogP contribution < -0.4 is 5.32 Å². The Labute approximate surface area is 367 Å². The Hall–Kier alpha value is -3.97. The minimum atomic E-state index is -1.50. The highest BCUT2D eigenvalue weighted by Crippen LogP contribution is 2.44. The number of nitrogens with zero attached hydrogens (tertiary/aromatic N) is 3. The lowest BCUT2D eigenvalue weighted by Crippen LogP contribution is -2.64. The molecule has 3 aromatic carbocycles. The molecule has 3 atom stereocenters. The molecule has 0 radical (unpaired) electrons. The Kier molecular flexibility index (Phi) is 15.2. The molecule has 3 fully saturated rings. The van der Waals surface area contributed by atoms with E-state index < -0.39 is 41.5 Å². The second-order valence-electron chi connectivity index (χ2n) is 16.7. The molecule has 0 bridgehead atoms. The molecule has 0 spiro atoms. The van der Waals surface area contributed by atoms with Crippen molar-refractivity contribution < 1.29 is 28.7 Å². The van der Waals surface area contributed by atoms with Crippen LogP contribution in [-0.2, 0) is 34.3 Å². The molecule has 1 unspecified atom stereocenters. The second kappa shape index (κ2) is 20.1. The van der Waals surface area contributed by atoms with Gasteiger partial charge in [-0.15, -0.1) is 0 Å². The van der Waals surface area contributed by atoms with E-state index in [1.807, 2.05) is 102 Å². The average Bonchev–Trinajstić information content (AvgIpc) is 3.74. The van der Waals surface area contributed by atoms with Gasteiger partial charge in [-0.1, -0.05) is 145 Å². The van der Waals surface area contributed by atoms with Crippen molar-refractivity contribution in [2.45, 2.75) is 114 Å². The highest BCUT2D eigenvalue weighted by Gasteiger charge is 2.49. The number of amides is 4. The Balaban J connectivity index is 1.39. The lowest BCUT2D eigenvalue weighted by molar-refractivity contribution is -0.161. The van der Waals surface area contributed by atoms with E-state index in [9.17, 15) is 19.2 Å². The normalized spacial score (nSPS) is 18.8. The van der Waals surface area contributed by atoms with Gasteiger partial charge in [0.1, 0.15) is 17.6 Å². The van der Waals surface area contributed by atoms with Crippen LogP contribution in [0.1, 0.15) is 106 Å². The number of ether oxygens (including phenoxy) is 1. The summed E-state index contributed by atoms with van der Waals surface area (Å²) in [5, 5.41) is 3.43. The quantitative estimate of drug-likeness (QED) is 0.0759. The molecule has 1 saturated heterocycles. The zero-order chi connectivity index (χ0) is 42.2. The molecule has 2 saturated carbocycles. The average molecular weight is 937 g/mol. The molecule has 1 heterocycles. The first-order chi connectivity index (χ1) is 28.4. The van der Waals surface area contributed by atoms with Crippen LogP contribution in [0, 0.1) is 12.8 Å². The summed E-state index contributed by atoms with van der Waals surface area (Å²) < 4.78 is 6.98. The van der Waals surface area contributed by atoms with E-state index in [1.165, 1.54) is 4.90 Å². The molecule has 3 aliphatic rings. The molecule has 4 amide bonds. The minimum Gasteiger partial charge on any atom is -0.444 e. The van der Waals surface area contributed by atoms with E-state index >= 15 is 4.79 Å². The van der Waals surface area contributed by atoms with Crippen LogP contribution in [0.5, 0.6) is 0 Å².